The van der Waals surface area contributed by atoms with Crippen LogP contribution in [0.3, 0.4) is 0 Å². The fourth-order valence-corrected chi connectivity index (χ4v) is 1.56. The second kappa shape index (κ2) is 7.57. The highest BCUT2D eigenvalue weighted by atomic mass is 15.3. The highest BCUT2D eigenvalue weighted by Crippen LogP contribution is 2.05. The van der Waals surface area contributed by atoms with Gasteiger partial charge in [-0.3, -0.25) is 0 Å². The lowest BCUT2D eigenvalue weighted by molar-refractivity contribution is -0.917. The van der Waals surface area contributed by atoms with Gasteiger partial charge in [0.25, 0.3) is 0 Å². The van der Waals surface area contributed by atoms with Gasteiger partial charge in [0.1, 0.15) is 0 Å². The van der Waals surface area contributed by atoms with Gasteiger partial charge in [0.15, 0.2) is 0 Å². The third-order valence-electron chi connectivity index (χ3n) is 3.00. The minimum Gasteiger partial charge on any atom is -0.321 e. The number of rotatable bonds is 7. The summed E-state index contributed by atoms with van der Waals surface area (Å²) >= 11 is 0. The van der Waals surface area contributed by atoms with E-state index >= 15 is 0 Å². The van der Waals surface area contributed by atoms with Gasteiger partial charge in [-0.15, -0.1) is 0 Å². The largest absolute Gasteiger partial charge is 0.321 e. The average Bonchev–Trinajstić information content (AvgIpc) is 2.24. The van der Waals surface area contributed by atoms with E-state index in [-0.39, 0.29) is 0 Å². The molecule has 0 rings (SSSR count). The Bertz CT molecular complexity index is 189. The molecule has 0 radical (unpaired) electrons. The van der Waals surface area contributed by atoms with Crippen LogP contribution < -0.4 is 0 Å². The molecule has 0 aliphatic heterocycles. The number of hydrogen-bond donors (Lipinski definition) is 0. The SMILES string of the molecule is C=C/C=C\C=C\C[N+](CC)(CC)CC. The summed E-state index contributed by atoms with van der Waals surface area (Å²) in [5, 5.41) is 0. The van der Waals surface area contributed by atoms with Gasteiger partial charge < -0.3 is 4.48 Å². The van der Waals surface area contributed by atoms with Gasteiger partial charge in [0.05, 0.1) is 26.2 Å². The molecule has 0 aromatic heterocycles. The van der Waals surface area contributed by atoms with Crippen LogP contribution in [0.1, 0.15) is 20.8 Å². The number of allylic oxidation sites excluding steroid dienone is 4. The molecular formula is C13H24N+. The van der Waals surface area contributed by atoms with Crippen LogP contribution in [0.25, 0.3) is 0 Å². The Labute approximate surface area is 89.0 Å². The van der Waals surface area contributed by atoms with Crippen molar-refractivity contribution in [2.75, 3.05) is 26.2 Å². The van der Waals surface area contributed by atoms with Crippen LogP contribution in [0, 0.1) is 0 Å². The van der Waals surface area contributed by atoms with Gasteiger partial charge in [0, 0.05) is 0 Å². The van der Waals surface area contributed by atoms with Gasteiger partial charge in [0.2, 0.25) is 0 Å². The predicted octanol–water partition coefficient (Wildman–Crippen LogP) is 3.16. The van der Waals surface area contributed by atoms with Crippen molar-refractivity contribution < 1.29 is 4.48 Å². The van der Waals surface area contributed by atoms with Gasteiger partial charge in [-0.25, -0.2) is 0 Å². The molecule has 0 bridgehead atoms. The molecule has 0 unspecified atom stereocenters. The van der Waals surface area contributed by atoms with Crippen molar-refractivity contribution in [2.45, 2.75) is 20.8 Å². The van der Waals surface area contributed by atoms with Crippen LogP contribution in [0.15, 0.2) is 37.0 Å². The van der Waals surface area contributed by atoms with E-state index < -0.39 is 0 Å². The number of nitrogens with zero attached hydrogens (tertiary/aromatic N) is 1. The second-order valence-electron chi connectivity index (χ2n) is 3.52. The molecule has 0 aliphatic carbocycles. The second-order valence-corrected chi connectivity index (χ2v) is 3.52. The van der Waals surface area contributed by atoms with Gasteiger partial charge in [-0.1, -0.05) is 30.9 Å². The number of likely N-dealkylation sites (N-methyl/N-ethyl adjacent to an activating group) is 1. The third-order valence-corrected chi connectivity index (χ3v) is 3.00. The van der Waals surface area contributed by atoms with E-state index in [2.05, 4.69) is 39.5 Å². The van der Waals surface area contributed by atoms with Crippen LogP contribution >= 0.6 is 0 Å². The van der Waals surface area contributed by atoms with Crippen LogP contribution in [-0.4, -0.2) is 30.7 Å². The molecule has 0 aliphatic rings. The van der Waals surface area contributed by atoms with E-state index in [9.17, 15) is 0 Å². The fraction of sp³-hybridized carbons (Fsp3) is 0.538. The van der Waals surface area contributed by atoms with Crippen molar-refractivity contribution in [2.24, 2.45) is 0 Å². The summed E-state index contributed by atoms with van der Waals surface area (Å²) in [5.41, 5.74) is 0. The van der Waals surface area contributed by atoms with Gasteiger partial charge in [-0.2, -0.15) is 0 Å². The molecule has 0 saturated carbocycles. The molecule has 80 valence electrons. The first kappa shape index (κ1) is 13.2. The lowest BCUT2D eigenvalue weighted by atomic mass is 10.3. The monoisotopic (exact) mass is 194 g/mol. The molecular weight excluding hydrogens is 170 g/mol. The van der Waals surface area contributed by atoms with E-state index in [0.29, 0.717) is 0 Å². The Hall–Kier alpha value is -0.820. The van der Waals surface area contributed by atoms with Crippen molar-refractivity contribution in [1.82, 2.24) is 0 Å². The normalized spacial score (nSPS) is 12.8. The van der Waals surface area contributed by atoms with E-state index in [4.69, 9.17) is 0 Å². The lowest BCUT2D eigenvalue weighted by Crippen LogP contribution is -2.47. The van der Waals surface area contributed by atoms with Crippen molar-refractivity contribution in [3.05, 3.63) is 37.0 Å². The van der Waals surface area contributed by atoms with Crippen molar-refractivity contribution >= 4 is 0 Å². The highest BCUT2D eigenvalue weighted by molar-refractivity contribution is 5.08. The number of quaternary nitrogens is 1. The van der Waals surface area contributed by atoms with Crippen molar-refractivity contribution in [3.63, 3.8) is 0 Å². The summed E-state index contributed by atoms with van der Waals surface area (Å²) in [6, 6.07) is 0. The standard InChI is InChI=1S/C13H24N/c1-5-9-10-11-12-13-14(6-2,7-3)8-4/h5,9-12H,1,6-8,13H2,2-4H3/q+1/b10-9-,12-11+. The van der Waals surface area contributed by atoms with Crippen LogP contribution in [0.5, 0.6) is 0 Å². The molecule has 0 aromatic carbocycles. The van der Waals surface area contributed by atoms with Gasteiger partial charge >= 0.3 is 0 Å². The predicted molar refractivity (Wildman–Crippen MR) is 65.2 cm³/mol. The molecule has 0 atom stereocenters. The fourth-order valence-electron chi connectivity index (χ4n) is 1.56. The first-order valence-corrected chi connectivity index (χ1v) is 5.54. The summed E-state index contributed by atoms with van der Waals surface area (Å²) in [6.07, 6.45) is 10.1. The quantitative estimate of drug-likeness (QED) is 0.431. The van der Waals surface area contributed by atoms with Crippen LogP contribution in [-0.2, 0) is 0 Å². The van der Waals surface area contributed by atoms with E-state index in [1.807, 2.05) is 12.2 Å². The molecule has 0 spiro atoms. The summed E-state index contributed by atoms with van der Waals surface area (Å²) in [7, 11) is 0. The van der Waals surface area contributed by atoms with Crippen molar-refractivity contribution in [3.8, 4) is 0 Å². The summed E-state index contributed by atoms with van der Waals surface area (Å²) in [5.74, 6) is 0. The molecule has 0 fully saturated rings. The molecule has 1 heteroatoms. The third kappa shape index (κ3) is 4.43. The van der Waals surface area contributed by atoms with Crippen LogP contribution in [0.2, 0.25) is 0 Å². The highest BCUT2D eigenvalue weighted by Gasteiger charge is 2.17. The molecule has 0 amide bonds. The van der Waals surface area contributed by atoms with E-state index in [1.165, 1.54) is 24.1 Å². The minimum absolute atomic E-state index is 1.13. The molecule has 14 heavy (non-hydrogen) atoms. The molecule has 0 N–H and O–H groups in total. The zero-order valence-corrected chi connectivity index (χ0v) is 9.87. The smallest absolute Gasteiger partial charge is 0.0976 e. The lowest BCUT2D eigenvalue weighted by Gasteiger charge is -2.34. The maximum Gasteiger partial charge on any atom is 0.0976 e. The average molecular weight is 194 g/mol. The van der Waals surface area contributed by atoms with Crippen LogP contribution in [0.4, 0.5) is 0 Å². The Morgan fingerprint density at radius 1 is 0.929 bits per heavy atom. The summed E-state index contributed by atoms with van der Waals surface area (Å²) < 4.78 is 1.18. The first-order chi connectivity index (χ1) is 6.74. The Morgan fingerprint density at radius 3 is 1.93 bits per heavy atom. The zero-order valence-electron chi connectivity index (χ0n) is 9.87. The van der Waals surface area contributed by atoms with Gasteiger partial charge in [-0.05, 0) is 26.8 Å². The Kier molecular flexibility index (Phi) is 7.13. The first-order valence-electron chi connectivity index (χ1n) is 5.54. The molecule has 0 aromatic rings. The Balaban J connectivity index is 4.11. The summed E-state index contributed by atoms with van der Waals surface area (Å²) in [4.78, 5) is 0. The summed E-state index contributed by atoms with van der Waals surface area (Å²) in [6.45, 7) is 15.2. The molecule has 0 heterocycles. The minimum atomic E-state index is 1.13. The molecule has 0 saturated heterocycles. The Morgan fingerprint density at radius 2 is 1.50 bits per heavy atom. The topological polar surface area (TPSA) is 0 Å². The van der Waals surface area contributed by atoms with E-state index in [1.54, 1.807) is 6.08 Å². The maximum atomic E-state index is 3.63. The van der Waals surface area contributed by atoms with Crippen molar-refractivity contribution in [1.29, 1.82) is 0 Å². The van der Waals surface area contributed by atoms with E-state index in [0.717, 1.165) is 6.54 Å². The number of hydrogen-bond acceptors (Lipinski definition) is 0. The maximum absolute atomic E-state index is 3.63. The molecule has 1 nitrogen and oxygen atoms in total. The zero-order chi connectivity index (χ0) is 10.9.